The topological polar surface area (TPSA) is 145 Å². The fraction of sp³-hybridized carbons (Fsp3) is 0.0952. The summed E-state index contributed by atoms with van der Waals surface area (Å²) in [5.74, 6) is -0.413. The smallest absolute Gasteiger partial charge is 0.250 e. The molecule has 31 heavy (non-hydrogen) atoms. The van der Waals surface area contributed by atoms with Crippen molar-refractivity contribution in [2.75, 3.05) is 18.9 Å². The molecular formula is C21H20ClN3O5S. The maximum Gasteiger partial charge on any atom is 0.250 e. The molecule has 3 rings (SSSR count). The van der Waals surface area contributed by atoms with E-state index in [2.05, 4.69) is 4.72 Å². The minimum atomic E-state index is -3.83. The van der Waals surface area contributed by atoms with Crippen molar-refractivity contribution in [1.82, 2.24) is 4.72 Å². The van der Waals surface area contributed by atoms with E-state index in [0.717, 1.165) is 5.56 Å². The quantitative estimate of drug-likeness (QED) is 0.379. The van der Waals surface area contributed by atoms with Gasteiger partial charge in [0.15, 0.2) is 5.75 Å². The molecule has 0 fully saturated rings. The van der Waals surface area contributed by atoms with Gasteiger partial charge in [-0.25, -0.2) is 13.1 Å². The van der Waals surface area contributed by atoms with Crippen LogP contribution in [0.15, 0.2) is 65.6 Å². The highest BCUT2D eigenvalue weighted by molar-refractivity contribution is 7.89. The van der Waals surface area contributed by atoms with Crippen molar-refractivity contribution in [2.24, 2.45) is 5.73 Å². The van der Waals surface area contributed by atoms with E-state index in [4.69, 9.17) is 32.9 Å². The van der Waals surface area contributed by atoms with Gasteiger partial charge in [0.1, 0.15) is 5.75 Å². The molecule has 1 amide bonds. The van der Waals surface area contributed by atoms with Gasteiger partial charge < -0.3 is 21.3 Å². The van der Waals surface area contributed by atoms with E-state index in [0.29, 0.717) is 10.6 Å². The first-order valence-electron chi connectivity index (χ1n) is 9.09. The van der Waals surface area contributed by atoms with Gasteiger partial charge in [-0.2, -0.15) is 0 Å². The first kappa shape index (κ1) is 22.6. The summed E-state index contributed by atoms with van der Waals surface area (Å²) >= 11 is 5.94. The Balaban J connectivity index is 2.02. The molecule has 0 aromatic heterocycles. The number of sulfonamides is 1. The number of hydrogen-bond acceptors (Lipinski definition) is 6. The van der Waals surface area contributed by atoms with Crippen LogP contribution in [0.1, 0.15) is 10.4 Å². The van der Waals surface area contributed by atoms with Crippen molar-refractivity contribution in [3.63, 3.8) is 0 Å². The Morgan fingerprint density at radius 3 is 2.42 bits per heavy atom. The van der Waals surface area contributed by atoms with Gasteiger partial charge in [0.2, 0.25) is 10.0 Å². The summed E-state index contributed by atoms with van der Waals surface area (Å²) in [5, 5.41) is 9.41. The maximum atomic E-state index is 12.3. The lowest BCUT2D eigenvalue weighted by atomic mass is 10.0. The molecule has 8 nitrogen and oxygen atoms in total. The Labute approximate surface area is 184 Å². The van der Waals surface area contributed by atoms with Gasteiger partial charge in [-0.05, 0) is 47.5 Å². The fourth-order valence-corrected chi connectivity index (χ4v) is 4.00. The van der Waals surface area contributed by atoms with Crippen LogP contribution in [0.5, 0.6) is 11.5 Å². The number of nitrogens with one attached hydrogen (secondary N) is 1. The van der Waals surface area contributed by atoms with Crippen molar-refractivity contribution in [3.05, 3.63) is 71.2 Å². The van der Waals surface area contributed by atoms with Gasteiger partial charge in [0.25, 0.3) is 5.91 Å². The van der Waals surface area contributed by atoms with Gasteiger partial charge >= 0.3 is 0 Å². The van der Waals surface area contributed by atoms with Crippen LogP contribution in [0.3, 0.4) is 0 Å². The molecule has 10 heteroatoms. The number of primary amides is 1. The predicted molar refractivity (Wildman–Crippen MR) is 119 cm³/mol. The van der Waals surface area contributed by atoms with Gasteiger partial charge in [-0.1, -0.05) is 29.8 Å². The number of carbonyl (C=O) groups excluding carboxylic acids is 1. The number of hydrogen-bond donors (Lipinski definition) is 4. The molecule has 3 aromatic rings. The van der Waals surface area contributed by atoms with Crippen molar-refractivity contribution in [3.8, 4) is 22.6 Å². The fourth-order valence-electron chi connectivity index (χ4n) is 2.82. The molecule has 0 aliphatic heterocycles. The number of aliphatic hydroxyl groups excluding tert-OH is 1. The molecule has 0 aliphatic rings. The zero-order chi connectivity index (χ0) is 22.6. The van der Waals surface area contributed by atoms with Gasteiger partial charge in [0.05, 0.1) is 22.8 Å². The highest BCUT2D eigenvalue weighted by atomic mass is 35.5. The largest absolute Gasteiger partial charge is 0.455 e. The van der Waals surface area contributed by atoms with Gasteiger partial charge in [0, 0.05) is 17.6 Å². The Morgan fingerprint density at radius 1 is 1.06 bits per heavy atom. The monoisotopic (exact) mass is 461 g/mol. The van der Waals surface area contributed by atoms with Crippen LogP contribution in [0, 0.1) is 0 Å². The van der Waals surface area contributed by atoms with Gasteiger partial charge in [-0.15, -0.1) is 0 Å². The molecule has 0 heterocycles. The minimum Gasteiger partial charge on any atom is -0.455 e. The highest BCUT2D eigenvalue weighted by Gasteiger charge is 2.17. The standard InChI is InChI=1S/C21H20ClN3O5S/c22-15-6-4-13(5-7-15)14-10-18(21(24)27)20(23)19(11-14)30-16-2-1-3-17(12-16)31(28,29)25-8-9-26/h1-7,10-12,25-26H,8-9,23H2,(H2,24,27). The predicted octanol–water partition coefficient (Wildman–Crippen LogP) is 2.75. The number of nitrogens with two attached hydrogens (primary N) is 2. The lowest BCUT2D eigenvalue weighted by Crippen LogP contribution is -2.26. The number of aliphatic hydroxyl groups is 1. The summed E-state index contributed by atoms with van der Waals surface area (Å²) in [5.41, 5.74) is 13.0. The minimum absolute atomic E-state index is 0.0249. The number of halogens is 1. The summed E-state index contributed by atoms with van der Waals surface area (Å²) in [6, 6.07) is 15.8. The van der Waals surface area contributed by atoms with E-state index >= 15 is 0 Å². The van der Waals surface area contributed by atoms with Crippen LogP contribution in [-0.2, 0) is 10.0 Å². The summed E-state index contributed by atoms with van der Waals surface area (Å²) in [7, 11) is -3.83. The van der Waals surface area contributed by atoms with Crippen molar-refractivity contribution >= 4 is 33.2 Å². The van der Waals surface area contributed by atoms with Crippen molar-refractivity contribution in [2.45, 2.75) is 4.90 Å². The van der Waals surface area contributed by atoms with E-state index in [1.165, 1.54) is 18.2 Å². The average Bonchev–Trinajstić information content (AvgIpc) is 2.74. The van der Waals surface area contributed by atoms with Crippen molar-refractivity contribution < 1.29 is 23.1 Å². The maximum absolute atomic E-state index is 12.3. The Morgan fingerprint density at radius 2 is 1.77 bits per heavy atom. The Hall–Kier alpha value is -3.11. The molecule has 162 valence electrons. The number of rotatable bonds is 8. The van der Waals surface area contributed by atoms with E-state index in [-0.39, 0.29) is 40.8 Å². The van der Waals surface area contributed by atoms with Crippen molar-refractivity contribution in [1.29, 1.82) is 0 Å². The molecule has 0 bridgehead atoms. The van der Waals surface area contributed by atoms with Gasteiger partial charge in [-0.3, -0.25) is 4.79 Å². The molecule has 6 N–H and O–H groups in total. The lowest BCUT2D eigenvalue weighted by molar-refractivity contribution is 0.100. The van der Waals surface area contributed by atoms with Crippen LogP contribution in [0.25, 0.3) is 11.1 Å². The summed E-state index contributed by atoms with van der Waals surface area (Å²) in [6.45, 7) is -0.454. The Bertz CT molecular complexity index is 1210. The van der Waals surface area contributed by atoms with E-state index in [1.807, 2.05) is 0 Å². The first-order chi connectivity index (χ1) is 14.7. The summed E-state index contributed by atoms with van der Waals surface area (Å²) < 4.78 is 32.7. The van der Waals surface area contributed by atoms with Crippen LogP contribution < -0.4 is 20.9 Å². The summed E-state index contributed by atoms with van der Waals surface area (Å²) in [4.78, 5) is 11.9. The van der Waals surface area contributed by atoms with E-state index in [1.54, 1.807) is 42.5 Å². The molecule has 3 aromatic carbocycles. The normalized spacial score (nSPS) is 11.3. The van der Waals surface area contributed by atoms with E-state index in [9.17, 15) is 13.2 Å². The first-order valence-corrected chi connectivity index (χ1v) is 10.9. The molecule has 0 saturated carbocycles. The molecule has 0 spiro atoms. The number of carbonyl (C=O) groups is 1. The third-order valence-electron chi connectivity index (χ3n) is 4.33. The third kappa shape index (κ3) is 5.33. The van der Waals surface area contributed by atoms with Crippen LogP contribution in [0.2, 0.25) is 5.02 Å². The van der Waals surface area contributed by atoms with Crippen LogP contribution in [-0.4, -0.2) is 32.6 Å². The number of nitrogen functional groups attached to an aromatic ring is 1. The summed E-state index contributed by atoms with van der Waals surface area (Å²) in [6.07, 6.45) is 0. The zero-order valence-electron chi connectivity index (χ0n) is 16.2. The third-order valence-corrected chi connectivity index (χ3v) is 6.04. The molecule has 0 radical (unpaired) electrons. The molecule has 0 atom stereocenters. The lowest BCUT2D eigenvalue weighted by Gasteiger charge is -2.14. The zero-order valence-corrected chi connectivity index (χ0v) is 17.8. The molecule has 0 aliphatic carbocycles. The SMILES string of the molecule is NC(=O)c1cc(-c2ccc(Cl)cc2)cc(Oc2cccc(S(=O)(=O)NCCO)c2)c1N. The van der Waals surface area contributed by atoms with E-state index < -0.39 is 15.9 Å². The van der Waals surface area contributed by atoms with Crippen LogP contribution >= 0.6 is 11.6 Å². The highest BCUT2D eigenvalue weighted by Crippen LogP contribution is 2.36. The average molecular weight is 462 g/mol. The number of benzene rings is 3. The number of amides is 1. The second-order valence-corrected chi connectivity index (χ2v) is 8.71. The molecule has 0 unspecified atom stereocenters. The number of ether oxygens (including phenoxy) is 1. The second-order valence-electron chi connectivity index (χ2n) is 6.51. The number of anilines is 1. The van der Waals surface area contributed by atoms with Crippen LogP contribution in [0.4, 0.5) is 5.69 Å². The molecular weight excluding hydrogens is 442 g/mol. The molecule has 0 saturated heterocycles. The Kier molecular flexibility index (Phi) is 6.81. The second kappa shape index (κ2) is 9.36.